The number of pyridine rings is 1. The smallest absolute Gasteiger partial charge is 0.298 e. The largest absolute Gasteiger partial charge is 0.451 e. The van der Waals surface area contributed by atoms with Crippen LogP contribution in [0.5, 0.6) is 0 Å². The maximum Gasteiger partial charge on any atom is 0.298 e. The number of aromatic nitrogens is 2. The highest BCUT2D eigenvalue weighted by molar-refractivity contribution is 6.06. The van der Waals surface area contributed by atoms with Crippen LogP contribution in [0.15, 0.2) is 51.4 Å². The zero-order chi connectivity index (χ0) is 25.4. The molecular weight excluding hydrogens is 468 g/mol. The van der Waals surface area contributed by atoms with Crippen LogP contribution >= 0.6 is 0 Å². The number of fused-ring (bicyclic) bond motifs is 1. The molecule has 6 rings (SSSR count). The second-order valence-electron chi connectivity index (χ2n) is 9.98. The molecule has 2 aliphatic rings. The Morgan fingerprint density at radius 2 is 1.73 bits per heavy atom. The number of benzene rings is 1. The van der Waals surface area contributed by atoms with Crippen LogP contribution in [0.2, 0.25) is 0 Å². The molecule has 5 heterocycles. The molecule has 3 aromatic heterocycles. The minimum Gasteiger partial charge on any atom is -0.451 e. The molecule has 0 bridgehead atoms. The molecule has 0 aliphatic carbocycles. The number of piperidine rings is 1. The number of nitrogens with zero attached hydrogens (tertiary/aromatic N) is 5. The van der Waals surface area contributed by atoms with Gasteiger partial charge in [0.15, 0.2) is 11.3 Å². The van der Waals surface area contributed by atoms with E-state index in [0.29, 0.717) is 23.0 Å². The third-order valence-corrected chi connectivity index (χ3v) is 7.22. The van der Waals surface area contributed by atoms with Crippen LogP contribution < -0.4 is 15.1 Å². The standard InChI is InChI=1S/C28H32N6O3/c1-19-16-20(8-9-29-19)24-6-7-25(36-24)27(35)30-21-18-26-22(17-23(21)33-10-4-3-5-11-33)31-28(37-26)34-14-12-32(2)13-15-34/h6-9,16-18H,3-5,10-15H2,1-2H3,(H,30,35). The van der Waals surface area contributed by atoms with Gasteiger partial charge in [-0.1, -0.05) is 0 Å². The van der Waals surface area contributed by atoms with Gasteiger partial charge < -0.3 is 28.9 Å². The summed E-state index contributed by atoms with van der Waals surface area (Å²) in [4.78, 5) is 29.2. The van der Waals surface area contributed by atoms with Crippen molar-refractivity contribution in [1.29, 1.82) is 0 Å². The van der Waals surface area contributed by atoms with Gasteiger partial charge in [-0.15, -0.1) is 0 Å². The number of hydrogen-bond acceptors (Lipinski definition) is 8. The normalized spacial score (nSPS) is 16.9. The van der Waals surface area contributed by atoms with Crippen LogP contribution in [0, 0.1) is 6.92 Å². The number of hydrogen-bond donors (Lipinski definition) is 1. The van der Waals surface area contributed by atoms with E-state index in [1.807, 2.05) is 37.3 Å². The summed E-state index contributed by atoms with van der Waals surface area (Å²) in [6, 6.07) is 11.9. The van der Waals surface area contributed by atoms with Gasteiger partial charge >= 0.3 is 0 Å². The van der Waals surface area contributed by atoms with Gasteiger partial charge in [0, 0.05) is 62.8 Å². The Hall–Kier alpha value is -3.85. The van der Waals surface area contributed by atoms with Crippen LogP contribution in [-0.2, 0) is 0 Å². The van der Waals surface area contributed by atoms with Crippen LogP contribution in [0.25, 0.3) is 22.4 Å². The van der Waals surface area contributed by atoms with E-state index >= 15 is 0 Å². The number of oxazole rings is 1. The predicted molar refractivity (Wildman–Crippen MR) is 144 cm³/mol. The molecule has 0 radical (unpaired) electrons. The molecule has 1 N–H and O–H groups in total. The lowest BCUT2D eigenvalue weighted by Crippen LogP contribution is -2.44. The number of aryl methyl sites for hydroxylation is 1. The zero-order valence-corrected chi connectivity index (χ0v) is 21.4. The Morgan fingerprint density at radius 3 is 2.51 bits per heavy atom. The molecule has 37 heavy (non-hydrogen) atoms. The fraction of sp³-hybridized carbons (Fsp3) is 0.393. The number of furan rings is 1. The highest BCUT2D eigenvalue weighted by Gasteiger charge is 2.23. The summed E-state index contributed by atoms with van der Waals surface area (Å²) in [5.74, 6) is 0.590. The van der Waals surface area contributed by atoms with E-state index in [1.165, 1.54) is 6.42 Å². The maximum atomic E-state index is 13.3. The van der Waals surface area contributed by atoms with Crippen molar-refractivity contribution in [2.75, 3.05) is 61.4 Å². The van der Waals surface area contributed by atoms with Crippen molar-refractivity contribution < 1.29 is 13.6 Å². The molecule has 9 nitrogen and oxygen atoms in total. The number of carbonyl (C=O) groups is 1. The molecule has 2 saturated heterocycles. The summed E-state index contributed by atoms with van der Waals surface area (Å²) in [6.45, 7) is 7.53. The van der Waals surface area contributed by atoms with Gasteiger partial charge in [-0.05, 0) is 63.6 Å². The second-order valence-corrected chi connectivity index (χ2v) is 9.98. The van der Waals surface area contributed by atoms with E-state index in [2.05, 4.69) is 32.0 Å². The van der Waals surface area contributed by atoms with Crippen molar-refractivity contribution in [3.05, 3.63) is 54.0 Å². The topological polar surface area (TPSA) is 90.9 Å². The van der Waals surface area contributed by atoms with Crippen LogP contribution in [0.3, 0.4) is 0 Å². The lowest BCUT2D eigenvalue weighted by molar-refractivity contribution is 0.0997. The number of amides is 1. The number of piperazine rings is 1. The number of rotatable bonds is 5. The Bertz CT molecular complexity index is 1410. The third kappa shape index (κ3) is 4.91. The lowest BCUT2D eigenvalue weighted by Gasteiger charge is -2.31. The predicted octanol–water partition coefficient (Wildman–Crippen LogP) is 4.79. The van der Waals surface area contributed by atoms with E-state index in [-0.39, 0.29) is 11.7 Å². The average Bonchev–Trinajstić information content (AvgIpc) is 3.57. The van der Waals surface area contributed by atoms with Crippen molar-refractivity contribution in [2.24, 2.45) is 0 Å². The highest BCUT2D eigenvalue weighted by Crippen LogP contribution is 2.35. The molecule has 192 valence electrons. The molecular formula is C28H32N6O3. The van der Waals surface area contributed by atoms with E-state index in [4.69, 9.17) is 13.8 Å². The minimum atomic E-state index is -0.298. The van der Waals surface area contributed by atoms with Gasteiger partial charge in [0.25, 0.3) is 11.9 Å². The summed E-state index contributed by atoms with van der Waals surface area (Å²) in [6.07, 6.45) is 5.22. The average molecular weight is 501 g/mol. The monoisotopic (exact) mass is 500 g/mol. The van der Waals surface area contributed by atoms with Crippen molar-refractivity contribution in [3.8, 4) is 11.3 Å². The first-order valence-corrected chi connectivity index (χ1v) is 13.0. The number of carbonyl (C=O) groups excluding carboxylic acids is 1. The van der Waals surface area contributed by atoms with Gasteiger partial charge in [-0.25, -0.2) is 0 Å². The van der Waals surface area contributed by atoms with Crippen molar-refractivity contribution in [1.82, 2.24) is 14.9 Å². The molecule has 9 heteroatoms. The SMILES string of the molecule is Cc1cc(-c2ccc(C(=O)Nc3cc4oc(N5CCN(C)CC5)nc4cc3N3CCCCC3)o2)ccn1. The summed E-state index contributed by atoms with van der Waals surface area (Å²) >= 11 is 0. The van der Waals surface area contributed by atoms with Gasteiger partial charge in [0.05, 0.1) is 11.4 Å². The quantitative estimate of drug-likeness (QED) is 0.419. The van der Waals surface area contributed by atoms with Crippen LogP contribution in [0.1, 0.15) is 35.5 Å². The van der Waals surface area contributed by atoms with E-state index in [0.717, 1.165) is 74.6 Å². The summed E-state index contributed by atoms with van der Waals surface area (Å²) < 4.78 is 12.1. The molecule has 0 unspecified atom stereocenters. The first kappa shape index (κ1) is 23.5. The van der Waals surface area contributed by atoms with E-state index in [1.54, 1.807) is 12.3 Å². The van der Waals surface area contributed by atoms with Gasteiger partial charge in [0.2, 0.25) is 0 Å². The molecule has 4 aromatic rings. The Labute approximate surface area is 216 Å². The van der Waals surface area contributed by atoms with Gasteiger partial charge in [0.1, 0.15) is 11.3 Å². The molecule has 1 aromatic carbocycles. The lowest BCUT2D eigenvalue weighted by atomic mass is 10.1. The molecule has 0 spiro atoms. The highest BCUT2D eigenvalue weighted by atomic mass is 16.4. The molecule has 2 fully saturated rings. The first-order valence-electron chi connectivity index (χ1n) is 13.0. The van der Waals surface area contributed by atoms with E-state index < -0.39 is 0 Å². The Balaban J connectivity index is 1.30. The van der Waals surface area contributed by atoms with Crippen LogP contribution in [-0.4, -0.2) is 67.1 Å². The molecule has 1 amide bonds. The zero-order valence-electron chi connectivity index (χ0n) is 21.4. The number of anilines is 3. The van der Waals surface area contributed by atoms with Crippen LogP contribution in [0.4, 0.5) is 17.4 Å². The number of likely N-dealkylation sites (N-methyl/N-ethyl adjacent to an activating group) is 1. The third-order valence-electron chi connectivity index (χ3n) is 7.22. The summed E-state index contributed by atoms with van der Waals surface area (Å²) in [5, 5.41) is 3.09. The fourth-order valence-corrected chi connectivity index (χ4v) is 5.08. The first-order chi connectivity index (χ1) is 18.0. The Kier molecular flexibility index (Phi) is 6.30. The maximum absolute atomic E-state index is 13.3. The second kappa shape index (κ2) is 9.89. The van der Waals surface area contributed by atoms with Crippen molar-refractivity contribution in [3.63, 3.8) is 0 Å². The van der Waals surface area contributed by atoms with Crippen molar-refractivity contribution >= 4 is 34.4 Å². The summed E-state index contributed by atoms with van der Waals surface area (Å²) in [5.41, 5.74) is 4.93. The van der Waals surface area contributed by atoms with E-state index in [9.17, 15) is 4.79 Å². The van der Waals surface area contributed by atoms with Gasteiger partial charge in [-0.2, -0.15) is 4.98 Å². The molecule has 2 aliphatic heterocycles. The molecule has 0 atom stereocenters. The Morgan fingerprint density at radius 1 is 0.919 bits per heavy atom. The fourth-order valence-electron chi connectivity index (χ4n) is 5.08. The summed E-state index contributed by atoms with van der Waals surface area (Å²) in [7, 11) is 2.13. The van der Waals surface area contributed by atoms with Gasteiger partial charge in [-0.3, -0.25) is 9.78 Å². The minimum absolute atomic E-state index is 0.254. The number of nitrogens with one attached hydrogen (secondary N) is 1. The molecule has 0 saturated carbocycles. The van der Waals surface area contributed by atoms with Crippen molar-refractivity contribution in [2.45, 2.75) is 26.2 Å².